The molecule has 26 heavy (non-hydrogen) atoms. The molecule has 3 rings (SSSR count). The highest BCUT2D eigenvalue weighted by Gasteiger charge is 2.45. The van der Waals surface area contributed by atoms with Gasteiger partial charge in [-0.2, -0.15) is 0 Å². The Kier molecular flexibility index (Phi) is 5.54. The van der Waals surface area contributed by atoms with E-state index in [1.807, 2.05) is 30.3 Å². The maximum absolute atomic E-state index is 12.7. The Hall–Kier alpha value is -2.44. The third-order valence-electron chi connectivity index (χ3n) is 4.33. The monoisotopic (exact) mass is 415 g/mol. The normalized spacial score (nSPS) is 19.2. The Labute approximate surface area is 159 Å². The summed E-state index contributed by atoms with van der Waals surface area (Å²) in [6.07, 6.45) is 0.353. The number of halogens is 1. The van der Waals surface area contributed by atoms with E-state index in [1.165, 1.54) is 4.90 Å². The molecule has 0 spiro atoms. The van der Waals surface area contributed by atoms with Gasteiger partial charge in [0, 0.05) is 23.2 Å². The molecule has 0 bridgehead atoms. The number of likely N-dealkylation sites (tertiary alicyclic amines) is 1. The molecule has 1 aliphatic rings. The third-order valence-corrected chi connectivity index (χ3v) is 4.86. The van der Waals surface area contributed by atoms with Gasteiger partial charge in [0.2, 0.25) is 0 Å². The van der Waals surface area contributed by atoms with E-state index in [2.05, 4.69) is 15.9 Å². The van der Waals surface area contributed by atoms with Crippen molar-refractivity contribution in [2.45, 2.75) is 12.5 Å². The lowest BCUT2D eigenvalue weighted by atomic mass is 9.95. The molecule has 2 aromatic rings. The van der Waals surface area contributed by atoms with E-state index in [9.17, 15) is 14.7 Å². The lowest BCUT2D eigenvalue weighted by Crippen LogP contribution is -2.31. The van der Waals surface area contributed by atoms with Crippen LogP contribution in [0.4, 0.5) is 0 Å². The van der Waals surface area contributed by atoms with Crippen molar-refractivity contribution in [1.29, 1.82) is 0 Å². The van der Waals surface area contributed by atoms with Crippen LogP contribution in [0.25, 0.3) is 5.76 Å². The Balaban J connectivity index is 2.15. The molecule has 1 aliphatic heterocycles. The van der Waals surface area contributed by atoms with Gasteiger partial charge in [0.05, 0.1) is 11.6 Å². The second-order valence-electron chi connectivity index (χ2n) is 5.99. The van der Waals surface area contributed by atoms with Crippen LogP contribution < -0.4 is 0 Å². The first kappa shape index (κ1) is 18.4. The van der Waals surface area contributed by atoms with Crippen molar-refractivity contribution in [1.82, 2.24) is 4.90 Å². The summed E-state index contributed by atoms with van der Waals surface area (Å²) in [5, 5.41) is 19.9. The smallest absolute Gasteiger partial charge is 0.295 e. The third kappa shape index (κ3) is 3.43. The number of hydrogen-bond donors (Lipinski definition) is 2. The number of hydrogen-bond acceptors (Lipinski definition) is 4. The molecule has 1 unspecified atom stereocenters. The van der Waals surface area contributed by atoms with Crippen LogP contribution in [0.1, 0.15) is 23.6 Å². The number of benzene rings is 2. The Morgan fingerprint density at radius 1 is 1.04 bits per heavy atom. The number of rotatable bonds is 5. The zero-order valence-corrected chi connectivity index (χ0v) is 15.5. The molecule has 2 N–H and O–H groups in total. The largest absolute Gasteiger partial charge is 0.507 e. The summed E-state index contributed by atoms with van der Waals surface area (Å²) in [6, 6.07) is 15.3. The van der Waals surface area contributed by atoms with E-state index in [4.69, 9.17) is 5.11 Å². The first-order valence-electron chi connectivity index (χ1n) is 8.24. The molecule has 1 amide bonds. The molecule has 134 valence electrons. The van der Waals surface area contributed by atoms with Crippen molar-refractivity contribution in [3.05, 3.63) is 75.8 Å². The van der Waals surface area contributed by atoms with Crippen LogP contribution in [0, 0.1) is 0 Å². The first-order valence-corrected chi connectivity index (χ1v) is 9.04. The second-order valence-corrected chi connectivity index (χ2v) is 6.90. The van der Waals surface area contributed by atoms with Crippen molar-refractivity contribution in [3.8, 4) is 0 Å². The molecule has 0 saturated carbocycles. The number of amides is 1. The van der Waals surface area contributed by atoms with Crippen LogP contribution in [-0.4, -0.2) is 40.0 Å². The minimum absolute atomic E-state index is 0.0708. The van der Waals surface area contributed by atoms with Crippen molar-refractivity contribution in [2.75, 3.05) is 13.2 Å². The number of aliphatic hydroxyl groups excluding tert-OH is 2. The van der Waals surface area contributed by atoms with E-state index < -0.39 is 17.7 Å². The zero-order chi connectivity index (χ0) is 18.7. The maximum Gasteiger partial charge on any atom is 0.295 e. The van der Waals surface area contributed by atoms with E-state index in [1.54, 1.807) is 24.3 Å². The summed E-state index contributed by atoms with van der Waals surface area (Å²) in [7, 11) is 0. The molecule has 1 saturated heterocycles. The number of ketones is 1. The molecular weight excluding hydrogens is 398 g/mol. The molecule has 1 fully saturated rings. The maximum atomic E-state index is 12.7. The van der Waals surface area contributed by atoms with Gasteiger partial charge in [0.1, 0.15) is 5.76 Å². The van der Waals surface area contributed by atoms with E-state index >= 15 is 0 Å². The summed E-state index contributed by atoms with van der Waals surface area (Å²) in [5.74, 6) is -1.57. The van der Waals surface area contributed by atoms with Gasteiger partial charge in [-0.15, -0.1) is 0 Å². The van der Waals surface area contributed by atoms with Crippen molar-refractivity contribution >= 4 is 33.4 Å². The molecule has 0 aromatic heterocycles. The number of carbonyl (C=O) groups excluding carboxylic acids is 2. The fourth-order valence-electron chi connectivity index (χ4n) is 3.09. The summed E-state index contributed by atoms with van der Waals surface area (Å²) < 4.78 is 0.872. The lowest BCUT2D eigenvalue weighted by Gasteiger charge is -2.25. The lowest BCUT2D eigenvalue weighted by molar-refractivity contribution is -0.140. The summed E-state index contributed by atoms with van der Waals surface area (Å²) in [4.78, 5) is 26.6. The van der Waals surface area contributed by atoms with Gasteiger partial charge in [-0.05, 0) is 24.1 Å². The van der Waals surface area contributed by atoms with Crippen molar-refractivity contribution in [3.63, 3.8) is 0 Å². The number of Topliss-reactive ketones (excluding diaryl/α,β-unsaturated/α-hetero) is 1. The minimum Gasteiger partial charge on any atom is -0.507 e. The van der Waals surface area contributed by atoms with Gasteiger partial charge in [-0.1, -0.05) is 58.4 Å². The van der Waals surface area contributed by atoms with Gasteiger partial charge >= 0.3 is 0 Å². The summed E-state index contributed by atoms with van der Waals surface area (Å²) in [5.41, 5.74) is 1.28. The Morgan fingerprint density at radius 3 is 2.31 bits per heavy atom. The van der Waals surface area contributed by atoms with E-state index in [0.717, 1.165) is 10.0 Å². The Morgan fingerprint density at radius 2 is 1.69 bits per heavy atom. The van der Waals surface area contributed by atoms with E-state index in [-0.39, 0.29) is 24.5 Å². The summed E-state index contributed by atoms with van der Waals surface area (Å²) >= 11 is 3.37. The predicted octanol–water partition coefficient (Wildman–Crippen LogP) is 3.25. The highest BCUT2D eigenvalue weighted by Crippen LogP contribution is 2.39. The zero-order valence-electron chi connectivity index (χ0n) is 13.9. The van der Waals surface area contributed by atoms with Crippen LogP contribution in [-0.2, 0) is 9.59 Å². The average Bonchev–Trinajstić information content (AvgIpc) is 2.91. The van der Waals surface area contributed by atoms with Gasteiger partial charge in [0.15, 0.2) is 0 Å². The van der Waals surface area contributed by atoms with Gasteiger partial charge in [-0.25, -0.2) is 0 Å². The van der Waals surface area contributed by atoms with Gasteiger partial charge in [0.25, 0.3) is 11.7 Å². The number of aliphatic hydroxyl groups is 2. The Bertz CT molecular complexity index is 846. The SMILES string of the molecule is O=C1C(=O)N(CCCO)C(c2ccc(Br)cc2)/C1=C(/O)c1ccccc1. The quantitative estimate of drug-likeness (QED) is 0.446. The van der Waals surface area contributed by atoms with Crippen LogP contribution in [0.5, 0.6) is 0 Å². The van der Waals surface area contributed by atoms with Crippen molar-refractivity contribution in [2.24, 2.45) is 0 Å². The molecule has 2 aromatic carbocycles. The molecule has 0 radical (unpaired) electrons. The molecule has 1 atom stereocenters. The standard InChI is InChI=1S/C20H18BrNO4/c21-15-9-7-13(8-10-15)17-16(18(24)14-5-2-1-3-6-14)19(25)20(26)22(17)11-4-12-23/h1-3,5-10,17,23-24H,4,11-12H2/b18-16-. The highest BCUT2D eigenvalue weighted by atomic mass is 79.9. The minimum atomic E-state index is -0.711. The first-order chi connectivity index (χ1) is 12.5. The van der Waals surface area contributed by atoms with Gasteiger partial charge in [-0.3, -0.25) is 9.59 Å². The van der Waals surface area contributed by atoms with Crippen LogP contribution in [0.2, 0.25) is 0 Å². The fraction of sp³-hybridized carbons (Fsp3) is 0.200. The second kappa shape index (κ2) is 7.85. The topological polar surface area (TPSA) is 77.8 Å². The molecule has 1 heterocycles. The van der Waals surface area contributed by atoms with Crippen molar-refractivity contribution < 1.29 is 19.8 Å². The van der Waals surface area contributed by atoms with E-state index in [0.29, 0.717) is 12.0 Å². The molecule has 0 aliphatic carbocycles. The average molecular weight is 416 g/mol. The summed E-state index contributed by atoms with van der Waals surface area (Å²) in [6.45, 7) is 0.141. The molecule has 5 nitrogen and oxygen atoms in total. The number of nitrogens with zero attached hydrogens (tertiary/aromatic N) is 1. The fourth-order valence-corrected chi connectivity index (χ4v) is 3.36. The van der Waals surface area contributed by atoms with Gasteiger partial charge < -0.3 is 15.1 Å². The van der Waals surface area contributed by atoms with Crippen LogP contribution in [0.3, 0.4) is 0 Å². The number of carbonyl (C=O) groups is 2. The predicted molar refractivity (Wildman–Crippen MR) is 101 cm³/mol. The molecular formula is C20H18BrNO4. The van der Waals surface area contributed by atoms with Crippen LogP contribution >= 0.6 is 15.9 Å². The molecule has 6 heteroatoms. The van der Waals surface area contributed by atoms with Crippen LogP contribution in [0.15, 0.2) is 64.6 Å². The highest BCUT2D eigenvalue weighted by molar-refractivity contribution is 9.10.